The number of amides is 1. The van der Waals surface area contributed by atoms with E-state index < -0.39 is 5.91 Å². The van der Waals surface area contributed by atoms with E-state index in [1.165, 1.54) is 12.1 Å². The zero-order valence-corrected chi connectivity index (χ0v) is 13.1. The van der Waals surface area contributed by atoms with Gasteiger partial charge in [0.1, 0.15) is 17.5 Å². The van der Waals surface area contributed by atoms with Gasteiger partial charge in [0.2, 0.25) is 0 Å². The molecule has 0 aliphatic carbocycles. The van der Waals surface area contributed by atoms with Gasteiger partial charge >= 0.3 is 0 Å². The Morgan fingerprint density at radius 2 is 2.00 bits per heavy atom. The number of benzene rings is 2. The zero-order valence-electron chi connectivity index (χ0n) is 11.5. The molecule has 2 aromatic rings. The third-order valence-corrected chi connectivity index (χ3v) is 3.85. The second-order valence-electron chi connectivity index (χ2n) is 4.65. The maximum Gasteiger partial charge on any atom is 0.259 e. The van der Waals surface area contributed by atoms with Crippen LogP contribution in [-0.4, -0.2) is 5.91 Å². The normalized spacial score (nSPS) is 11.0. The molecule has 0 bridgehead atoms. The highest BCUT2D eigenvalue weighted by Gasteiger charge is 2.08. The number of nitrogens with zero attached hydrogens (tertiary/aromatic N) is 1. The first-order valence-corrected chi connectivity index (χ1v) is 7.24. The van der Waals surface area contributed by atoms with Crippen molar-refractivity contribution in [2.75, 3.05) is 0 Å². The van der Waals surface area contributed by atoms with Crippen molar-refractivity contribution in [3.8, 4) is 6.07 Å². The molecule has 0 spiro atoms. The molecule has 22 heavy (non-hydrogen) atoms. The number of nitrogens with two attached hydrogens (primary N) is 1. The Balaban J connectivity index is 2.30. The van der Waals surface area contributed by atoms with Crippen molar-refractivity contribution in [1.29, 1.82) is 5.26 Å². The van der Waals surface area contributed by atoms with Crippen LogP contribution in [-0.2, 0) is 11.2 Å². The maximum absolute atomic E-state index is 13.7. The quantitative estimate of drug-likeness (QED) is 0.670. The lowest BCUT2D eigenvalue weighted by molar-refractivity contribution is -0.114. The van der Waals surface area contributed by atoms with Crippen molar-refractivity contribution in [3.05, 3.63) is 75.0 Å². The van der Waals surface area contributed by atoms with E-state index in [0.717, 1.165) is 10.0 Å². The summed E-state index contributed by atoms with van der Waals surface area (Å²) in [5.74, 6) is -1.02. The Bertz CT molecular complexity index is 793. The van der Waals surface area contributed by atoms with E-state index in [1.54, 1.807) is 36.4 Å². The molecule has 5 heteroatoms. The van der Waals surface area contributed by atoms with Gasteiger partial charge in [0, 0.05) is 10.9 Å². The molecule has 2 rings (SSSR count). The van der Waals surface area contributed by atoms with Crippen molar-refractivity contribution >= 4 is 27.9 Å². The molecule has 0 saturated heterocycles. The van der Waals surface area contributed by atoms with E-state index in [9.17, 15) is 9.18 Å². The van der Waals surface area contributed by atoms with Crippen LogP contribution in [0.1, 0.15) is 16.7 Å². The van der Waals surface area contributed by atoms with Gasteiger partial charge in [-0.05, 0) is 34.9 Å². The molecule has 3 nitrogen and oxygen atoms in total. The van der Waals surface area contributed by atoms with Crippen LogP contribution in [0, 0.1) is 17.1 Å². The molecule has 1 amide bonds. The molecule has 110 valence electrons. The smallest absolute Gasteiger partial charge is 0.259 e. The monoisotopic (exact) mass is 358 g/mol. The number of carbonyl (C=O) groups is 1. The number of hydrogen-bond acceptors (Lipinski definition) is 2. The van der Waals surface area contributed by atoms with E-state index in [4.69, 9.17) is 11.0 Å². The molecule has 0 heterocycles. The highest BCUT2D eigenvalue weighted by atomic mass is 79.9. The number of nitriles is 1. The minimum atomic E-state index is -0.769. The summed E-state index contributed by atoms with van der Waals surface area (Å²) in [7, 11) is 0. The molecule has 0 saturated carbocycles. The van der Waals surface area contributed by atoms with Gasteiger partial charge in [0.15, 0.2) is 0 Å². The topological polar surface area (TPSA) is 66.9 Å². The molecule has 0 atom stereocenters. The summed E-state index contributed by atoms with van der Waals surface area (Å²) in [6, 6.07) is 13.7. The van der Waals surface area contributed by atoms with Gasteiger partial charge in [-0.2, -0.15) is 5.26 Å². The molecule has 0 fully saturated rings. The van der Waals surface area contributed by atoms with Gasteiger partial charge in [-0.25, -0.2) is 4.39 Å². The minimum Gasteiger partial charge on any atom is -0.365 e. The average molecular weight is 359 g/mol. The molecule has 0 aromatic heterocycles. The second-order valence-corrected chi connectivity index (χ2v) is 5.51. The Kier molecular flexibility index (Phi) is 5.08. The molecule has 0 radical (unpaired) electrons. The van der Waals surface area contributed by atoms with Crippen LogP contribution in [0.4, 0.5) is 4.39 Å². The van der Waals surface area contributed by atoms with Crippen LogP contribution in [0.5, 0.6) is 0 Å². The Labute approximate surface area is 136 Å². The highest BCUT2D eigenvalue weighted by Crippen LogP contribution is 2.23. The Morgan fingerprint density at radius 3 is 2.59 bits per heavy atom. The van der Waals surface area contributed by atoms with Crippen LogP contribution in [0.25, 0.3) is 6.08 Å². The van der Waals surface area contributed by atoms with Crippen LogP contribution in [0.2, 0.25) is 0 Å². The van der Waals surface area contributed by atoms with Crippen molar-refractivity contribution in [2.24, 2.45) is 5.73 Å². The summed E-state index contributed by atoms with van der Waals surface area (Å²) in [5, 5.41) is 8.83. The Hall–Kier alpha value is -2.45. The van der Waals surface area contributed by atoms with E-state index in [2.05, 4.69) is 15.9 Å². The van der Waals surface area contributed by atoms with Gasteiger partial charge in [-0.15, -0.1) is 0 Å². The largest absolute Gasteiger partial charge is 0.365 e. The zero-order chi connectivity index (χ0) is 16.1. The fourth-order valence-corrected chi connectivity index (χ4v) is 2.51. The van der Waals surface area contributed by atoms with Crippen molar-refractivity contribution in [3.63, 3.8) is 0 Å². The van der Waals surface area contributed by atoms with Gasteiger partial charge in [0.05, 0.1) is 0 Å². The van der Waals surface area contributed by atoms with Crippen molar-refractivity contribution < 1.29 is 9.18 Å². The number of carbonyl (C=O) groups excluding carboxylic acids is 1. The highest BCUT2D eigenvalue weighted by molar-refractivity contribution is 9.10. The van der Waals surface area contributed by atoms with Gasteiger partial charge in [-0.1, -0.05) is 46.3 Å². The maximum atomic E-state index is 13.7. The van der Waals surface area contributed by atoms with Gasteiger partial charge < -0.3 is 5.73 Å². The standard InChI is InChI=1S/C17H12BrFN2O/c18-15-8-11(7-14(10-20)17(21)22)5-6-12(15)9-13-3-1-2-4-16(13)19/h1-8H,9H2,(H2,21,22)/b14-7+. The molecule has 0 aliphatic rings. The summed E-state index contributed by atoms with van der Waals surface area (Å²) in [5.41, 5.74) is 7.15. The molecular formula is C17H12BrFN2O. The molecule has 0 unspecified atom stereocenters. The van der Waals surface area contributed by atoms with Crippen LogP contribution in [0.15, 0.2) is 52.5 Å². The summed E-state index contributed by atoms with van der Waals surface area (Å²) in [4.78, 5) is 11.0. The molecular weight excluding hydrogens is 347 g/mol. The first-order chi connectivity index (χ1) is 10.5. The lowest BCUT2D eigenvalue weighted by atomic mass is 10.0. The van der Waals surface area contributed by atoms with Crippen LogP contribution >= 0.6 is 15.9 Å². The van der Waals surface area contributed by atoms with Gasteiger partial charge in [-0.3, -0.25) is 4.79 Å². The number of primary amides is 1. The molecule has 2 N–H and O–H groups in total. The predicted molar refractivity (Wildman–Crippen MR) is 86.1 cm³/mol. The first-order valence-electron chi connectivity index (χ1n) is 6.44. The fraction of sp³-hybridized carbons (Fsp3) is 0.0588. The molecule has 0 aliphatic heterocycles. The summed E-state index contributed by atoms with van der Waals surface area (Å²) in [6.45, 7) is 0. The number of hydrogen-bond donors (Lipinski definition) is 1. The SMILES string of the molecule is N#C/C(=C\c1ccc(Cc2ccccc2F)c(Br)c1)C(N)=O. The summed E-state index contributed by atoms with van der Waals surface area (Å²) < 4.78 is 14.5. The predicted octanol–water partition coefficient (Wildman–Crippen LogP) is 3.57. The van der Waals surface area contributed by atoms with Crippen LogP contribution in [0.3, 0.4) is 0 Å². The lowest BCUT2D eigenvalue weighted by Crippen LogP contribution is -2.12. The van der Waals surface area contributed by atoms with Gasteiger partial charge in [0.25, 0.3) is 5.91 Å². The fourth-order valence-electron chi connectivity index (χ4n) is 1.97. The van der Waals surface area contributed by atoms with E-state index in [1.807, 2.05) is 6.07 Å². The van der Waals surface area contributed by atoms with E-state index >= 15 is 0 Å². The minimum absolute atomic E-state index is 0.117. The van der Waals surface area contributed by atoms with Crippen molar-refractivity contribution in [2.45, 2.75) is 6.42 Å². The lowest BCUT2D eigenvalue weighted by Gasteiger charge is -2.07. The average Bonchev–Trinajstić information content (AvgIpc) is 2.49. The van der Waals surface area contributed by atoms with E-state index in [-0.39, 0.29) is 11.4 Å². The number of halogens is 2. The van der Waals surface area contributed by atoms with E-state index in [0.29, 0.717) is 17.5 Å². The van der Waals surface area contributed by atoms with Crippen molar-refractivity contribution in [1.82, 2.24) is 0 Å². The van der Waals surface area contributed by atoms with Crippen LogP contribution < -0.4 is 5.73 Å². The first kappa shape index (κ1) is 15.9. The number of rotatable bonds is 4. The second kappa shape index (κ2) is 7.01. The summed E-state index contributed by atoms with van der Waals surface area (Å²) in [6.07, 6.45) is 1.86. The summed E-state index contributed by atoms with van der Waals surface area (Å²) >= 11 is 3.43. The third-order valence-electron chi connectivity index (χ3n) is 3.11. The third kappa shape index (κ3) is 3.80. The molecule has 2 aromatic carbocycles. The Morgan fingerprint density at radius 1 is 1.27 bits per heavy atom.